The number of aryl methyl sites for hydroxylation is 6. The molecule has 0 heterocycles. The van der Waals surface area contributed by atoms with Crippen LogP contribution in [0.2, 0.25) is 0 Å². The Bertz CT molecular complexity index is 643. The standard InChI is InChI=1S/2C9H11.2C5H4.Fe.Sn/c2*1-7-4-8(2)6-9(3)5-7;2*1-2-4-5-3-1;;/h2*4-5H,1-3H3;2*1-4H;;/q;;2*-1;2*+2. The van der Waals surface area contributed by atoms with Gasteiger partial charge in [0.25, 0.3) is 0 Å². The third-order valence-corrected chi connectivity index (χ3v) is 10.5. The van der Waals surface area contributed by atoms with Crippen LogP contribution < -0.4 is 7.16 Å². The van der Waals surface area contributed by atoms with Crippen molar-refractivity contribution < 1.29 is 17.1 Å². The average molecular weight is 541 g/mol. The van der Waals surface area contributed by atoms with E-state index < -0.39 is 21.1 Å². The summed E-state index contributed by atoms with van der Waals surface area (Å²) in [6, 6.07) is 9.34. The van der Waals surface area contributed by atoms with Crippen molar-refractivity contribution in [2.75, 3.05) is 0 Å². The van der Waals surface area contributed by atoms with E-state index in [0.717, 1.165) is 0 Å². The Hall–Kier alpha value is -0.242. The molecule has 0 N–H and O–H groups in total. The molecular weight excluding hydrogens is 511 g/mol. The Morgan fingerprint density at radius 1 is 0.500 bits per heavy atom. The molecule has 0 spiro atoms. The van der Waals surface area contributed by atoms with Gasteiger partial charge in [-0.25, -0.2) is 25.7 Å². The van der Waals surface area contributed by atoms with Crippen molar-refractivity contribution in [3.63, 3.8) is 0 Å². The zero-order chi connectivity index (χ0) is 21.2. The second-order valence-electron chi connectivity index (χ2n) is 7.44. The van der Waals surface area contributed by atoms with E-state index in [1.54, 1.807) is 7.16 Å². The molecule has 2 saturated carbocycles. The molecule has 10 radical (unpaired) electrons. The summed E-state index contributed by atoms with van der Waals surface area (Å²) in [7, 11) is 0. The second-order valence-corrected chi connectivity index (χ2v) is 11.0. The maximum Gasteiger partial charge on any atom is 2.00 e. The molecule has 2 aromatic carbocycles. The molecule has 0 bridgehead atoms. The van der Waals surface area contributed by atoms with Gasteiger partial charge in [-0.05, 0) is 0 Å². The minimum absolute atomic E-state index is 0. The van der Waals surface area contributed by atoms with Crippen molar-refractivity contribution in [3.8, 4) is 0 Å². The zero-order valence-corrected chi connectivity index (χ0v) is 22.7. The molecule has 2 fully saturated rings. The maximum atomic E-state index is 2.86. The monoisotopic (exact) mass is 542 g/mol. The summed E-state index contributed by atoms with van der Waals surface area (Å²) in [5, 5.41) is 0. The van der Waals surface area contributed by atoms with Crippen molar-refractivity contribution in [3.05, 3.63) is 122 Å². The minimum atomic E-state index is -0.703. The van der Waals surface area contributed by atoms with Crippen LogP contribution in [0.25, 0.3) is 0 Å². The third-order valence-electron chi connectivity index (χ3n) is 4.60. The molecule has 30 heavy (non-hydrogen) atoms. The Labute approximate surface area is 207 Å². The summed E-state index contributed by atoms with van der Waals surface area (Å²) in [5.41, 5.74) is 8.73. The van der Waals surface area contributed by atoms with Crippen molar-refractivity contribution in [1.82, 2.24) is 0 Å². The normalized spacial score (nSPS) is 14.6. The van der Waals surface area contributed by atoms with E-state index in [2.05, 4.69) is 78.6 Å². The minimum Gasteiger partial charge on any atom is -0.474 e. The Balaban J connectivity index is 0.000000333. The van der Waals surface area contributed by atoms with Gasteiger partial charge in [-0.3, -0.25) is 0 Å². The van der Waals surface area contributed by atoms with Crippen molar-refractivity contribution in [1.29, 1.82) is 0 Å². The van der Waals surface area contributed by atoms with Crippen molar-refractivity contribution >= 4 is 28.3 Å². The van der Waals surface area contributed by atoms with Crippen LogP contribution in [0.1, 0.15) is 33.4 Å². The van der Waals surface area contributed by atoms with Crippen LogP contribution in [0.5, 0.6) is 0 Å². The first-order chi connectivity index (χ1) is 13.9. The molecular formula is C28H30FeSn+2. The van der Waals surface area contributed by atoms with E-state index in [-0.39, 0.29) is 17.1 Å². The molecule has 0 unspecified atom stereocenters. The van der Waals surface area contributed by atoms with Crippen LogP contribution in [0.4, 0.5) is 0 Å². The molecule has 0 saturated heterocycles. The Morgan fingerprint density at radius 2 is 0.767 bits per heavy atom. The largest absolute Gasteiger partial charge is 2.00 e. The Kier molecular flexibility index (Phi) is 13.7. The number of benzene rings is 2. The zero-order valence-electron chi connectivity index (χ0n) is 18.8. The van der Waals surface area contributed by atoms with Gasteiger partial charge in [-0.2, -0.15) is 0 Å². The van der Waals surface area contributed by atoms with E-state index in [1.165, 1.54) is 33.4 Å². The SMILES string of the molecule is Cc1cc(C)[c]([Sn+2][c]2c(C)cc(C)cc2C)c(C)c1.[C-]1[CH][CH][CH][CH]1.[C-]1[CH][CH][CH][CH]1.[Fe+2]. The van der Waals surface area contributed by atoms with Gasteiger partial charge in [0.05, 0.1) is 0 Å². The van der Waals surface area contributed by atoms with Gasteiger partial charge < -0.3 is 12.8 Å². The first kappa shape index (κ1) is 27.8. The first-order valence-electron chi connectivity index (χ1n) is 9.96. The van der Waals surface area contributed by atoms with Crippen LogP contribution in [-0.4, -0.2) is 21.1 Å². The quantitative estimate of drug-likeness (QED) is 0.372. The first-order valence-corrected chi connectivity index (χ1v) is 12.8. The number of rotatable bonds is 2. The third kappa shape index (κ3) is 9.49. The van der Waals surface area contributed by atoms with Crippen LogP contribution >= 0.6 is 0 Å². The number of hydrogen-bond donors (Lipinski definition) is 0. The van der Waals surface area contributed by atoms with Crippen LogP contribution in [0, 0.1) is 106 Å². The van der Waals surface area contributed by atoms with E-state index in [0.29, 0.717) is 0 Å². The van der Waals surface area contributed by atoms with Gasteiger partial charge in [0.2, 0.25) is 0 Å². The van der Waals surface area contributed by atoms with Gasteiger partial charge >= 0.3 is 145 Å². The summed E-state index contributed by atoms with van der Waals surface area (Å²) in [6.07, 6.45) is 21.0. The topological polar surface area (TPSA) is 0 Å². The maximum absolute atomic E-state index is 2.86. The van der Waals surface area contributed by atoms with E-state index in [1.807, 2.05) is 51.4 Å². The summed E-state index contributed by atoms with van der Waals surface area (Å²) >= 11 is -0.703. The van der Waals surface area contributed by atoms with Gasteiger partial charge in [-0.15, -0.1) is 0 Å². The fourth-order valence-electron chi connectivity index (χ4n) is 3.43. The molecule has 0 nitrogen and oxygen atoms in total. The van der Waals surface area contributed by atoms with E-state index in [9.17, 15) is 0 Å². The summed E-state index contributed by atoms with van der Waals surface area (Å²) in [4.78, 5) is 0. The fourth-order valence-corrected chi connectivity index (χ4v) is 7.22. The fraction of sp³-hybridized carbons (Fsp3) is 0.214. The van der Waals surface area contributed by atoms with Gasteiger partial charge in [0.1, 0.15) is 0 Å². The molecule has 0 amide bonds. The predicted molar refractivity (Wildman–Crippen MR) is 127 cm³/mol. The van der Waals surface area contributed by atoms with Crippen LogP contribution in [0.3, 0.4) is 0 Å². The predicted octanol–water partition coefficient (Wildman–Crippen LogP) is 4.99. The van der Waals surface area contributed by atoms with E-state index >= 15 is 0 Å². The molecule has 0 aromatic heterocycles. The number of hydrogen-bond acceptors (Lipinski definition) is 0. The van der Waals surface area contributed by atoms with Crippen LogP contribution in [-0.2, 0) is 17.1 Å². The summed E-state index contributed by atoms with van der Waals surface area (Å²) in [5.74, 6) is 0. The molecule has 2 heteroatoms. The molecule has 2 aliphatic rings. The molecule has 4 rings (SSSR count). The van der Waals surface area contributed by atoms with Gasteiger partial charge in [0.15, 0.2) is 0 Å². The Morgan fingerprint density at radius 3 is 0.967 bits per heavy atom. The molecule has 2 aliphatic carbocycles. The van der Waals surface area contributed by atoms with Crippen molar-refractivity contribution in [2.45, 2.75) is 41.5 Å². The summed E-state index contributed by atoms with van der Waals surface area (Å²) < 4.78 is 3.31. The van der Waals surface area contributed by atoms with Crippen LogP contribution in [0.15, 0.2) is 24.3 Å². The second kappa shape index (κ2) is 14.8. The van der Waals surface area contributed by atoms with Gasteiger partial charge in [-0.1, -0.05) is 25.7 Å². The smallest absolute Gasteiger partial charge is 0.474 e. The van der Waals surface area contributed by atoms with Gasteiger partial charge in [0, 0.05) is 0 Å². The molecule has 0 atom stereocenters. The summed E-state index contributed by atoms with van der Waals surface area (Å²) in [6.45, 7) is 13.5. The average Bonchev–Trinajstić information content (AvgIpc) is 3.38. The molecule has 0 aliphatic heterocycles. The molecule has 2 aromatic rings. The van der Waals surface area contributed by atoms with Crippen molar-refractivity contribution in [2.24, 2.45) is 0 Å². The van der Waals surface area contributed by atoms with E-state index in [4.69, 9.17) is 0 Å². The molecule has 152 valence electrons.